The van der Waals surface area contributed by atoms with E-state index >= 15 is 0 Å². The molecule has 3 atom stereocenters. The normalized spacial score (nSPS) is 17.6. The van der Waals surface area contributed by atoms with Crippen LogP contribution in [-0.4, -0.2) is 78.1 Å². The molecular formula is C35H40N4O8. The van der Waals surface area contributed by atoms with E-state index in [0.29, 0.717) is 41.1 Å². The van der Waals surface area contributed by atoms with Crippen molar-refractivity contribution in [3.63, 3.8) is 0 Å². The molecule has 0 saturated carbocycles. The van der Waals surface area contributed by atoms with E-state index < -0.39 is 41.6 Å². The largest absolute Gasteiger partial charge is 0.471 e. The highest BCUT2D eigenvalue weighted by atomic mass is 16.7. The SMILES string of the molecule is C=CCCCOC(=O)N[C@H](C(=O)N1C[C@H](Oc2nc3cc4c(cc3nc2-c2cccc(C=C)c2)OCO4)C[C@H]1C(=O)OC)C(C)(C)C. The highest BCUT2D eigenvalue weighted by Gasteiger charge is 2.46. The van der Waals surface area contributed by atoms with Crippen molar-refractivity contribution in [1.82, 2.24) is 20.2 Å². The summed E-state index contributed by atoms with van der Waals surface area (Å²) < 4.78 is 28.0. The van der Waals surface area contributed by atoms with Gasteiger partial charge in [0.2, 0.25) is 18.6 Å². The van der Waals surface area contributed by atoms with Gasteiger partial charge in [-0.25, -0.2) is 19.6 Å². The second kappa shape index (κ2) is 14.1. The zero-order chi connectivity index (χ0) is 33.7. The summed E-state index contributed by atoms with van der Waals surface area (Å²) in [6.07, 6.45) is 3.53. The van der Waals surface area contributed by atoms with Crippen LogP contribution in [0.25, 0.3) is 28.4 Å². The van der Waals surface area contributed by atoms with E-state index in [0.717, 1.165) is 11.1 Å². The van der Waals surface area contributed by atoms with Gasteiger partial charge in [-0.15, -0.1) is 6.58 Å². The molecule has 3 aromatic rings. The van der Waals surface area contributed by atoms with Gasteiger partial charge in [0.1, 0.15) is 23.9 Å². The molecule has 3 heterocycles. The second-order valence-electron chi connectivity index (χ2n) is 12.4. The molecule has 248 valence electrons. The van der Waals surface area contributed by atoms with E-state index in [4.69, 9.17) is 33.7 Å². The lowest BCUT2D eigenvalue weighted by Gasteiger charge is -2.34. The van der Waals surface area contributed by atoms with Crippen molar-refractivity contribution in [2.75, 3.05) is 27.1 Å². The predicted octanol–water partition coefficient (Wildman–Crippen LogP) is 5.30. The lowest BCUT2D eigenvalue weighted by molar-refractivity contribution is -0.152. The summed E-state index contributed by atoms with van der Waals surface area (Å²) in [5.74, 6) is 0.273. The van der Waals surface area contributed by atoms with E-state index in [9.17, 15) is 14.4 Å². The van der Waals surface area contributed by atoms with E-state index in [1.54, 1.807) is 24.3 Å². The highest BCUT2D eigenvalue weighted by Crippen LogP contribution is 2.38. The first kappa shape index (κ1) is 33.2. The Morgan fingerprint density at radius 2 is 1.83 bits per heavy atom. The summed E-state index contributed by atoms with van der Waals surface area (Å²) in [5.41, 5.74) is 2.47. The molecule has 0 bridgehead atoms. The summed E-state index contributed by atoms with van der Waals surface area (Å²) in [4.78, 5) is 50.9. The zero-order valence-corrected chi connectivity index (χ0v) is 27.1. The first-order valence-electron chi connectivity index (χ1n) is 15.5. The van der Waals surface area contributed by atoms with Crippen molar-refractivity contribution in [3.05, 3.63) is 61.2 Å². The third-order valence-corrected chi connectivity index (χ3v) is 7.98. The molecule has 2 aliphatic rings. The number of carbonyl (C=O) groups is 3. The average molecular weight is 645 g/mol. The Kier molecular flexibility index (Phi) is 9.97. The number of hydrogen-bond acceptors (Lipinski definition) is 10. The number of rotatable bonds is 11. The molecule has 0 spiro atoms. The molecule has 2 aromatic carbocycles. The van der Waals surface area contributed by atoms with E-state index in [1.807, 2.05) is 45.0 Å². The molecule has 5 rings (SSSR count). The molecule has 1 N–H and O–H groups in total. The van der Waals surface area contributed by atoms with Gasteiger partial charge in [0.25, 0.3) is 0 Å². The maximum absolute atomic E-state index is 14.1. The highest BCUT2D eigenvalue weighted by molar-refractivity contribution is 5.91. The lowest BCUT2D eigenvalue weighted by atomic mass is 9.85. The number of nitrogens with zero attached hydrogens (tertiary/aromatic N) is 3. The summed E-state index contributed by atoms with van der Waals surface area (Å²) in [6.45, 7) is 13.3. The van der Waals surface area contributed by atoms with Gasteiger partial charge in [-0.05, 0) is 29.9 Å². The van der Waals surface area contributed by atoms with Gasteiger partial charge >= 0.3 is 12.1 Å². The number of methoxy groups -OCH3 is 1. The Labute approximate surface area is 273 Å². The standard InChI is InChI=1S/C35H40N4O8/c1-7-9-10-14-44-34(42)38-30(35(3,4)5)32(40)39-19-23(16-26(39)33(41)43-6)47-31-29(22-13-11-12-21(8-2)15-22)36-24-17-27-28(46-20-45-27)18-25(24)37-31/h7-8,11-13,15,17-18,23,26,30H,1-2,9-10,14,16,19-20H2,3-6H3,(H,38,42)/t23-,26+,30-/m1/s1. The van der Waals surface area contributed by atoms with Crippen molar-refractivity contribution in [1.29, 1.82) is 0 Å². The first-order chi connectivity index (χ1) is 22.5. The van der Waals surface area contributed by atoms with Crippen LogP contribution >= 0.6 is 0 Å². The number of carbonyl (C=O) groups excluding carboxylic acids is 3. The number of ether oxygens (including phenoxy) is 5. The molecule has 2 aliphatic heterocycles. The van der Waals surface area contributed by atoms with Crippen LogP contribution in [0.3, 0.4) is 0 Å². The molecular weight excluding hydrogens is 604 g/mol. The Morgan fingerprint density at radius 1 is 1.11 bits per heavy atom. The van der Waals surface area contributed by atoms with Crippen LogP contribution in [0.1, 0.15) is 45.6 Å². The Morgan fingerprint density at radius 3 is 2.49 bits per heavy atom. The minimum atomic E-state index is -0.998. The van der Waals surface area contributed by atoms with Crippen molar-refractivity contribution in [2.45, 2.75) is 58.2 Å². The van der Waals surface area contributed by atoms with Crippen molar-refractivity contribution < 1.29 is 38.1 Å². The number of aromatic nitrogens is 2. The van der Waals surface area contributed by atoms with Crippen LogP contribution in [-0.2, 0) is 19.1 Å². The molecule has 0 unspecified atom stereocenters. The Balaban J connectivity index is 1.45. The quantitative estimate of drug-likeness (QED) is 0.166. The van der Waals surface area contributed by atoms with Gasteiger partial charge in [-0.1, -0.05) is 57.7 Å². The lowest BCUT2D eigenvalue weighted by Crippen LogP contribution is -2.57. The number of benzene rings is 2. The summed E-state index contributed by atoms with van der Waals surface area (Å²) in [5, 5.41) is 2.71. The van der Waals surface area contributed by atoms with Gasteiger partial charge in [0.15, 0.2) is 11.5 Å². The molecule has 12 heteroatoms. The maximum Gasteiger partial charge on any atom is 0.407 e. The third kappa shape index (κ3) is 7.48. The number of nitrogens with one attached hydrogen (secondary N) is 1. The van der Waals surface area contributed by atoms with Crippen LogP contribution < -0.4 is 19.5 Å². The van der Waals surface area contributed by atoms with Gasteiger partial charge in [0, 0.05) is 24.1 Å². The van der Waals surface area contributed by atoms with Crippen LogP contribution in [0.2, 0.25) is 0 Å². The number of alkyl carbamates (subject to hydrolysis) is 1. The molecule has 12 nitrogen and oxygen atoms in total. The zero-order valence-electron chi connectivity index (χ0n) is 27.1. The Hall–Kier alpha value is -5.13. The fraction of sp³-hybridized carbons (Fsp3) is 0.400. The number of unbranched alkanes of at least 4 members (excludes halogenated alkanes) is 1. The van der Waals surface area contributed by atoms with E-state index in [2.05, 4.69) is 18.5 Å². The van der Waals surface area contributed by atoms with Crippen molar-refractivity contribution >= 4 is 35.1 Å². The molecule has 1 fully saturated rings. The summed E-state index contributed by atoms with van der Waals surface area (Å²) >= 11 is 0. The Bertz CT molecular complexity index is 1680. The smallest absolute Gasteiger partial charge is 0.407 e. The minimum absolute atomic E-state index is 0.0359. The summed E-state index contributed by atoms with van der Waals surface area (Å²) in [7, 11) is 1.27. The molecule has 2 amide bonds. The first-order valence-corrected chi connectivity index (χ1v) is 15.5. The maximum atomic E-state index is 14.1. The van der Waals surface area contributed by atoms with Crippen LogP contribution in [0.15, 0.2) is 55.6 Å². The number of likely N-dealkylation sites (tertiary alicyclic amines) is 1. The molecule has 0 aliphatic carbocycles. The van der Waals surface area contributed by atoms with Gasteiger partial charge in [-0.2, -0.15) is 0 Å². The van der Waals surface area contributed by atoms with Gasteiger partial charge in [-0.3, -0.25) is 4.79 Å². The molecule has 0 radical (unpaired) electrons. The number of hydrogen-bond donors (Lipinski definition) is 1. The van der Waals surface area contributed by atoms with E-state index in [-0.39, 0.29) is 32.2 Å². The van der Waals surface area contributed by atoms with Crippen LogP contribution in [0.5, 0.6) is 17.4 Å². The van der Waals surface area contributed by atoms with Gasteiger partial charge in [0.05, 0.1) is 31.3 Å². The summed E-state index contributed by atoms with van der Waals surface area (Å²) in [6, 6.07) is 9.16. The molecule has 1 saturated heterocycles. The second-order valence-corrected chi connectivity index (χ2v) is 12.4. The fourth-order valence-corrected chi connectivity index (χ4v) is 5.52. The minimum Gasteiger partial charge on any atom is -0.471 e. The topological polar surface area (TPSA) is 138 Å². The monoisotopic (exact) mass is 644 g/mol. The van der Waals surface area contributed by atoms with Crippen LogP contribution in [0, 0.1) is 5.41 Å². The number of esters is 1. The third-order valence-electron chi connectivity index (χ3n) is 7.98. The average Bonchev–Trinajstić information content (AvgIpc) is 3.70. The van der Waals surface area contributed by atoms with Gasteiger partial charge < -0.3 is 33.9 Å². The fourth-order valence-electron chi connectivity index (χ4n) is 5.52. The van der Waals surface area contributed by atoms with Crippen molar-refractivity contribution in [3.8, 4) is 28.6 Å². The number of allylic oxidation sites excluding steroid dienone is 1. The van der Waals surface area contributed by atoms with Crippen LogP contribution in [0.4, 0.5) is 4.79 Å². The van der Waals surface area contributed by atoms with Crippen molar-refractivity contribution in [2.24, 2.45) is 5.41 Å². The molecule has 1 aromatic heterocycles. The van der Waals surface area contributed by atoms with E-state index in [1.165, 1.54) is 12.0 Å². The number of fused-ring (bicyclic) bond motifs is 2. The number of amides is 2. The predicted molar refractivity (Wildman–Crippen MR) is 175 cm³/mol. The molecule has 47 heavy (non-hydrogen) atoms.